The molecular formula is C22H34O3. The standard InChI is InChI=1S/C22H34O3/c1-14(2)17-9-11-20(5)13-22(24)15(3)8-7-10-21(22,6)12-18(19(17)20)25-16(4)23/h14,18,24H,3,7-13H2,1-2,4-6H3/t18-,20-,21+,22+/m1/s1. The maximum atomic E-state index is 11.9. The van der Waals surface area contributed by atoms with E-state index in [0.29, 0.717) is 18.8 Å². The van der Waals surface area contributed by atoms with E-state index in [0.717, 1.165) is 37.7 Å². The third kappa shape index (κ3) is 2.79. The minimum atomic E-state index is -0.868. The Hall–Kier alpha value is -1.09. The molecule has 0 heterocycles. The number of aliphatic hydroxyl groups is 1. The van der Waals surface area contributed by atoms with Crippen LogP contribution in [0.4, 0.5) is 0 Å². The Morgan fingerprint density at radius 1 is 1.28 bits per heavy atom. The van der Waals surface area contributed by atoms with Crippen molar-refractivity contribution in [3.8, 4) is 0 Å². The van der Waals surface area contributed by atoms with Crippen LogP contribution in [0.1, 0.15) is 79.6 Å². The molecule has 3 aliphatic carbocycles. The number of hydrogen-bond acceptors (Lipinski definition) is 3. The highest BCUT2D eigenvalue weighted by atomic mass is 16.5. The number of fused-ring (bicyclic) bond motifs is 2. The molecule has 3 rings (SSSR count). The van der Waals surface area contributed by atoms with Gasteiger partial charge >= 0.3 is 5.97 Å². The van der Waals surface area contributed by atoms with Crippen molar-refractivity contribution in [2.24, 2.45) is 16.7 Å². The minimum absolute atomic E-state index is 0.119. The van der Waals surface area contributed by atoms with Gasteiger partial charge in [0.05, 0.1) is 5.60 Å². The van der Waals surface area contributed by atoms with E-state index < -0.39 is 5.60 Å². The lowest BCUT2D eigenvalue weighted by Crippen LogP contribution is -2.52. The second-order valence-corrected chi connectivity index (χ2v) is 9.51. The summed E-state index contributed by atoms with van der Waals surface area (Å²) in [7, 11) is 0. The smallest absolute Gasteiger partial charge is 0.303 e. The molecule has 2 saturated carbocycles. The molecule has 3 heteroatoms. The molecule has 0 amide bonds. The molecule has 0 saturated heterocycles. The first-order chi connectivity index (χ1) is 11.5. The van der Waals surface area contributed by atoms with Gasteiger partial charge in [0.15, 0.2) is 0 Å². The van der Waals surface area contributed by atoms with Gasteiger partial charge in [-0.15, -0.1) is 0 Å². The fourth-order valence-corrected chi connectivity index (χ4v) is 5.96. The molecule has 3 aliphatic rings. The summed E-state index contributed by atoms with van der Waals surface area (Å²) in [5.41, 5.74) is 2.44. The number of rotatable bonds is 2. The second kappa shape index (κ2) is 5.97. The fraction of sp³-hybridized carbons (Fsp3) is 0.773. The zero-order valence-electron chi connectivity index (χ0n) is 16.6. The van der Waals surface area contributed by atoms with E-state index in [1.807, 2.05) is 0 Å². The monoisotopic (exact) mass is 346 g/mol. The number of carbonyl (C=O) groups is 1. The predicted octanol–water partition coefficient (Wildman–Crippen LogP) is 4.94. The van der Waals surface area contributed by atoms with E-state index in [4.69, 9.17) is 4.74 Å². The van der Waals surface area contributed by atoms with Crippen molar-refractivity contribution < 1.29 is 14.6 Å². The minimum Gasteiger partial charge on any atom is -0.458 e. The van der Waals surface area contributed by atoms with Crippen LogP contribution in [0, 0.1) is 16.7 Å². The first kappa shape index (κ1) is 18.7. The molecule has 3 nitrogen and oxygen atoms in total. The lowest BCUT2D eigenvalue weighted by Gasteiger charge is -2.51. The van der Waals surface area contributed by atoms with Crippen LogP contribution in [0.2, 0.25) is 0 Å². The van der Waals surface area contributed by atoms with Crippen LogP contribution in [0.3, 0.4) is 0 Å². The van der Waals surface area contributed by atoms with Crippen LogP contribution in [-0.2, 0) is 9.53 Å². The summed E-state index contributed by atoms with van der Waals surface area (Å²) in [6, 6.07) is 0. The number of carbonyl (C=O) groups excluding carboxylic acids is 1. The van der Waals surface area contributed by atoms with Crippen molar-refractivity contribution in [2.75, 3.05) is 0 Å². The quantitative estimate of drug-likeness (QED) is 0.569. The highest BCUT2D eigenvalue weighted by Crippen LogP contribution is 2.63. The number of allylic oxidation sites excluding steroid dienone is 1. The van der Waals surface area contributed by atoms with Gasteiger partial charge in [0.1, 0.15) is 6.10 Å². The van der Waals surface area contributed by atoms with Crippen LogP contribution in [0.5, 0.6) is 0 Å². The van der Waals surface area contributed by atoms with Crippen molar-refractivity contribution in [2.45, 2.75) is 91.3 Å². The van der Waals surface area contributed by atoms with Gasteiger partial charge < -0.3 is 9.84 Å². The van der Waals surface area contributed by atoms with Gasteiger partial charge in [-0.1, -0.05) is 39.8 Å². The summed E-state index contributed by atoms with van der Waals surface area (Å²) < 4.78 is 5.89. The molecule has 25 heavy (non-hydrogen) atoms. The van der Waals surface area contributed by atoms with Crippen molar-refractivity contribution in [3.05, 3.63) is 23.3 Å². The normalized spacial score (nSPS) is 41.4. The molecule has 1 N–H and O–H groups in total. The van der Waals surface area contributed by atoms with E-state index >= 15 is 0 Å². The largest absolute Gasteiger partial charge is 0.458 e. The Morgan fingerprint density at radius 3 is 2.56 bits per heavy atom. The molecular weight excluding hydrogens is 312 g/mol. The lowest BCUT2D eigenvalue weighted by molar-refractivity contribution is -0.148. The first-order valence-corrected chi connectivity index (χ1v) is 9.84. The summed E-state index contributed by atoms with van der Waals surface area (Å²) in [5, 5.41) is 11.8. The van der Waals surface area contributed by atoms with Crippen LogP contribution in [0.25, 0.3) is 0 Å². The number of ether oxygens (including phenoxy) is 1. The van der Waals surface area contributed by atoms with Crippen molar-refractivity contribution >= 4 is 5.97 Å². The predicted molar refractivity (Wildman–Crippen MR) is 100 cm³/mol. The van der Waals surface area contributed by atoms with Crippen LogP contribution in [-0.4, -0.2) is 22.8 Å². The number of esters is 1. The average molecular weight is 347 g/mol. The first-order valence-electron chi connectivity index (χ1n) is 9.84. The Bertz CT molecular complexity index is 631. The molecule has 2 fully saturated rings. The van der Waals surface area contributed by atoms with E-state index in [9.17, 15) is 9.90 Å². The van der Waals surface area contributed by atoms with E-state index in [1.54, 1.807) is 0 Å². The third-order valence-corrected chi connectivity index (χ3v) is 7.34. The number of hydrogen-bond donors (Lipinski definition) is 1. The van der Waals surface area contributed by atoms with Gasteiger partial charge in [0.2, 0.25) is 0 Å². The van der Waals surface area contributed by atoms with Gasteiger partial charge in [0.25, 0.3) is 0 Å². The molecule has 0 radical (unpaired) electrons. The molecule has 0 spiro atoms. The Balaban J connectivity index is 2.17. The Morgan fingerprint density at radius 2 is 1.96 bits per heavy atom. The van der Waals surface area contributed by atoms with Crippen molar-refractivity contribution in [1.82, 2.24) is 0 Å². The summed E-state index contributed by atoms with van der Waals surface area (Å²) in [6.07, 6.45) is 6.17. The van der Waals surface area contributed by atoms with E-state index in [1.165, 1.54) is 18.1 Å². The van der Waals surface area contributed by atoms with Gasteiger partial charge in [-0.05, 0) is 67.4 Å². The summed E-state index contributed by atoms with van der Waals surface area (Å²) >= 11 is 0. The van der Waals surface area contributed by atoms with Crippen molar-refractivity contribution in [3.63, 3.8) is 0 Å². The third-order valence-electron chi connectivity index (χ3n) is 7.34. The molecule has 140 valence electrons. The zero-order chi connectivity index (χ0) is 18.6. The van der Waals surface area contributed by atoms with E-state index in [2.05, 4.69) is 34.3 Å². The van der Waals surface area contributed by atoms with Gasteiger partial charge in [0, 0.05) is 12.3 Å². The topological polar surface area (TPSA) is 46.5 Å². The molecule has 0 unspecified atom stereocenters. The molecule has 0 aromatic rings. The van der Waals surface area contributed by atoms with Gasteiger partial charge in [-0.2, -0.15) is 0 Å². The SMILES string of the molecule is C=C1CCC[C@@]2(C)C[C@@H](OC(C)=O)C3=C(C(C)C)CC[C@]3(C)C[C@]12O. The highest BCUT2D eigenvalue weighted by Gasteiger charge is 2.60. The summed E-state index contributed by atoms with van der Waals surface area (Å²) in [5.74, 6) is 0.221. The van der Waals surface area contributed by atoms with Crippen molar-refractivity contribution in [1.29, 1.82) is 0 Å². The Labute approximate surface area is 152 Å². The van der Waals surface area contributed by atoms with Gasteiger partial charge in [-0.3, -0.25) is 4.79 Å². The molecule has 0 aromatic carbocycles. The molecule has 0 bridgehead atoms. The van der Waals surface area contributed by atoms with Crippen LogP contribution in [0.15, 0.2) is 23.3 Å². The zero-order valence-corrected chi connectivity index (χ0v) is 16.6. The molecule has 0 aliphatic heterocycles. The van der Waals surface area contributed by atoms with Gasteiger partial charge in [-0.25, -0.2) is 0 Å². The summed E-state index contributed by atoms with van der Waals surface area (Å²) in [4.78, 5) is 11.9. The maximum absolute atomic E-state index is 11.9. The molecule has 4 atom stereocenters. The van der Waals surface area contributed by atoms with E-state index in [-0.39, 0.29) is 22.9 Å². The lowest BCUT2D eigenvalue weighted by atomic mass is 9.58. The second-order valence-electron chi connectivity index (χ2n) is 9.51. The average Bonchev–Trinajstić information content (AvgIpc) is 2.78. The fourth-order valence-electron chi connectivity index (χ4n) is 5.96. The summed E-state index contributed by atoms with van der Waals surface area (Å²) in [6.45, 7) is 14.7. The van der Waals surface area contributed by atoms with Crippen LogP contribution < -0.4 is 0 Å². The highest BCUT2D eigenvalue weighted by molar-refractivity contribution is 5.66. The Kier molecular flexibility index (Phi) is 4.47. The maximum Gasteiger partial charge on any atom is 0.303 e. The van der Waals surface area contributed by atoms with Crippen LogP contribution >= 0.6 is 0 Å². The molecule has 0 aromatic heterocycles.